The van der Waals surface area contributed by atoms with Crippen LogP contribution in [-0.2, 0) is 0 Å². The van der Waals surface area contributed by atoms with Crippen LogP contribution < -0.4 is 0 Å². The van der Waals surface area contributed by atoms with Gasteiger partial charge in [0.25, 0.3) is 0 Å². The number of nitrogens with zero attached hydrogens (tertiary/aromatic N) is 3. The third kappa shape index (κ3) is 3.58. The van der Waals surface area contributed by atoms with E-state index in [1.54, 1.807) is 36.4 Å². The summed E-state index contributed by atoms with van der Waals surface area (Å²) in [6.07, 6.45) is 0. The van der Waals surface area contributed by atoms with Crippen molar-refractivity contribution in [2.24, 2.45) is 0 Å². The van der Waals surface area contributed by atoms with Gasteiger partial charge in [0.1, 0.15) is 22.8 Å². The Morgan fingerprint density at radius 1 is 0.618 bits per heavy atom. The molecule has 0 atom stereocenters. The smallest absolute Gasteiger partial charge is 0.164 e. The van der Waals surface area contributed by atoms with Crippen molar-refractivity contribution in [3.63, 3.8) is 0 Å². The van der Waals surface area contributed by atoms with E-state index in [0.717, 1.165) is 16.3 Å². The van der Waals surface area contributed by atoms with E-state index >= 15 is 0 Å². The number of benzene rings is 4. The predicted molar refractivity (Wildman–Crippen MR) is 128 cm³/mol. The zero-order valence-electron chi connectivity index (χ0n) is 17.5. The van der Waals surface area contributed by atoms with E-state index in [9.17, 15) is 8.78 Å². The van der Waals surface area contributed by atoms with Gasteiger partial charge in [0.05, 0.1) is 0 Å². The summed E-state index contributed by atoms with van der Waals surface area (Å²) in [4.78, 5) is 14.0. The monoisotopic (exact) mass is 469 g/mol. The first-order chi connectivity index (χ1) is 16.5. The van der Waals surface area contributed by atoms with Gasteiger partial charge >= 0.3 is 0 Å². The Hall–Kier alpha value is -4.16. The number of aromatic nitrogens is 3. The highest BCUT2D eigenvalue weighted by Crippen LogP contribution is 2.37. The van der Waals surface area contributed by atoms with Gasteiger partial charge in [0.15, 0.2) is 17.5 Å². The van der Waals surface area contributed by atoms with Gasteiger partial charge < -0.3 is 4.42 Å². The van der Waals surface area contributed by atoms with Crippen LogP contribution in [0.2, 0.25) is 5.02 Å². The second kappa shape index (κ2) is 8.01. The van der Waals surface area contributed by atoms with Gasteiger partial charge in [0, 0.05) is 38.6 Å². The van der Waals surface area contributed by atoms with Crippen LogP contribution in [0.25, 0.3) is 56.1 Å². The average Bonchev–Trinajstić information content (AvgIpc) is 3.22. The van der Waals surface area contributed by atoms with Crippen molar-refractivity contribution in [1.29, 1.82) is 0 Å². The molecule has 0 saturated heterocycles. The van der Waals surface area contributed by atoms with E-state index < -0.39 is 0 Å². The number of fused-ring (bicyclic) bond motifs is 3. The fourth-order valence-electron chi connectivity index (χ4n) is 3.94. The third-order valence-electron chi connectivity index (χ3n) is 5.54. The molecule has 0 fully saturated rings. The molecule has 0 radical (unpaired) electrons. The Bertz CT molecular complexity index is 1620. The molecule has 0 aliphatic rings. The van der Waals surface area contributed by atoms with Gasteiger partial charge in [-0.25, -0.2) is 23.7 Å². The van der Waals surface area contributed by atoms with Crippen LogP contribution in [-0.4, -0.2) is 15.0 Å². The van der Waals surface area contributed by atoms with E-state index in [2.05, 4.69) is 4.98 Å². The molecule has 164 valence electrons. The minimum Gasteiger partial charge on any atom is -0.456 e. The van der Waals surface area contributed by atoms with Crippen molar-refractivity contribution in [2.45, 2.75) is 0 Å². The molecule has 2 aromatic heterocycles. The molecule has 0 unspecified atom stereocenters. The van der Waals surface area contributed by atoms with Gasteiger partial charge in [-0.15, -0.1) is 0 Å². The van der Waals surface area contributed by atoms with Gasteiger partial charge in [-0.1, -0.05) is 23.7 Å². The van der Waals surface area contributed by atoms with Gasteiger partial charge in [-0.05, 0) is 66.7 Å². The molecule has 0 spiro atoms. The average molecular weight is 470 g/mol. The summed E-state index contributed by atoms with van der Waals surface area (Å²) >= 11 is 6.16. The Balaban J connectivity index is 1.63. The maximum atomic E-state index is 13.5. The summed E-state index contributed by atoms with van der Waals surface area (Å²) < 4.78 is 33.1. The lowest BCUT2D eigenvalue weighted by molar-refractivity contribution is 0.627. The van der Waals surface area contributed by atoms with Crippen LogP contribution in [0.3, 0.4) is 0 Å². The van der Waals surface area contributed by atoms with Crippen LogP contribution in [0.15, 0.2) is 89.3 Å². The standard InChI is InChI=1S/C27H14ClF2N3O/c28-17-8-13-20-23(14-17)34-22-3-1-2-21(24(20)22)27-32-25(15-4-9-18(29)10-5-15)31-26(33-27)16-6-11-19(30)12-7-16/h1-14H. The highest BCUT2D eigenvalue weighted by molar-refractivity contribution is 6.31. The molecule has 34 heavy (non-hydrogen) atoms. The van der Waals surface area contributed by atoms with E-state index in [1.165, 1.54) is 24.3 Å². The molecule has 6 aromatic rings. The first-order valence-corrected chi connectivity index (χ1v) is 10.8. The van der Waals surface area contributed by atoms with Crippen molar-refractivity contribution in [3.8, 4) is 34.2 Å². The number of halogens is 3. The summed E-state index contributed by atoms with van der Waals surface area (Å²) in [5.41, 5.74) is 3.32. The van der Waals surface area contributed by atoms with Crippen LogP contribution in [0, 0.1) is 11.6 Å². The molecule has 0 amide bonds. The van der Waals surface area contributed by atoms with Crippen molar-refractivity contribution in [3.05, 3.63) is 102 Å². The highest BCUT2D eigenvalue weighted by Gasteiger charge is 2.18. The Labute approximate surface area is 197 Å². The van der Waals surface area contributed by atoms with Crippen LogP contribution >= 0.6 is 11.6 Å². The van der Waals surface area contributed by atoms with Gasteiger partial charge in [0.2, 0.25) is 0 Å². The number of furan rings is 1. The fraction of sp³-hybridized carbons (Fsp3) is 0. The predicted octanol–water partition coefficient (Wildman–Crippen LogP) is 7.70. The quantitative estimate of drug-likeness (QED) is 0.266. The molecular weight excluding hydrogens is 456 g/mol. The molecule has 0 bridgehead atoms. The molecule has 7 heteroatoms. The normalized spacial score (nSPS) is 11.4. The fourth-order valence-corrected chi connectivity index (χ4v) is 4.10. The van der Waals surface area contributed by atoms with Crippen molar-refractivity contribution < 1.29 is 13.2 Å². The summed E-state index contributed by atoms with van der Waals surface area (Å²) in [5, 5.41) is 2.29. The van der Waals surface area contributed by atoms with Gasteiger partial charge in [-0.2, -0.15) is 0 Å². The van der Waals surface area contributed by atoms with Crippen LogP contribution in [0.1, 0.15) is 0 Å². The minimum atomic E-state index is -0.356. The highest BCUT2D eigenvalue weighted by atomic mass is 35.5. The Morgan fingerprint density at radius 2 is 1.21 bits per heavy atom. The topological polar surface area (TPSA) is 51.8 Å². The summed E-state index contributed by atoms with van der Waals surface area (Å²) in [5.74, 6) is 0.446. The molecule has 0 saturated carbocycles. The molecule has 0 aliphatic heterocycles. The molecule has 2 heterocycles. The lowest BCUT2D eigenvalue weighted by Crippen LogP contribution is -2.00. The molecule has 6 rings (SSSR count). The summed E-state index contributed by atoms with van der Waals surface area (Å²) in [6, 6.07) is 23.0. The lowest BCUT2D eigenvalue weighted by Gasteiger charge is -2.09. The number of hydrogen-bond donors (Lipinski definition) is 0. The van der Waals surface area contributed by atoms with Crippen LogP contribution in [0.5, 0.6) is 0 Å². The van der Waals surface area contributed by atoms with Crippen molar-refractivity contribution in [2.75, 3.05) is 0 Å². The Kier molecular flexibility index (Phi) is 4.81. The molecule has 4 aromatic carbocycles. The van der Waals surface area contributed by atoms with Gasteiger partial charge in [-0.3, -0.25) is 0 Å². The maximum absolute atomic E-state index is 13.5. The first kappa shape index (κ1) is 20.4. The van der Waals surface area contributed by atoms with E-state index in [4.69, 9.17) is 26.0 Å². The molecule has 0 aliphatic carbocycles. The lowest BCUT2D eigenvalue weighted by atomic mass is 10.1. The molecule has 0 N–H and O–H groups in total. The zero-order valence-corrected chi connectivity index (χ0v) is 18.2. The minimum absolute atomic E-state index is 0.356. The number of rotatable bonds is 3. The second-order valence-electron chi connectivity index (χ2n) is 7.74. The SMILES string of the molecule is Fc1ccc(-c2nc(-c3ccc(F)cc3)nc(-c3cccc4oc5cc(Cl)ccc5c34)n2)cc1. The van der Waals surface area contributed by atoms with Crippen LogP contribution in [0.4, 0.5) is 8.78 Å². The first-order valence-electron chi connectivity index (χ1n) is 10.4. The van der Waals surface area contributed by atoms with Crippen molar-refractivity contribution in [1.82, 2.24) is 15.0 Å². The zero-order chi connectivity index (χ0) is 23.2. The largest absolute Gasteiger partial charge is 0.456 e. The molecule has 4 nitrogen and oxygen atoms in total. The maximum Gasteiger partial charge on any atom is 0.164 e. The van der Waals surface area contributed by atoms with E-state index in [-0.39, 0.29) is 11.6 Å². The summed E-state index contributed by atoms with van der Waals surface area (Å²) in [6.45, 7) is 0. The molecular formula is C27H14ClF2N3O. The Morgan fingerprint density at radius 3 is 1.82 bits per heavy atom. The van der Waals surface area contributed by atoms with Crippen molar-refractivity contribution >= 4 is 33.5 Å². The summed E-state index contributed by atoms with van der Waals surface area (Å²) in [7, 11) is 0. The second-order valence-corrected chi connectivity index (χ2v) is 8.18. The third-order valence-corrected chi connectivity index (χ3v) is 5.78. The number of hydrogen-bond acceptors (Lipinski definition) is 4. The van der Waals surface area contributed by atoms with E-state index in [1.807, 2.05) is 24.3 Å². The van der Waals surface area contributed by atoms with E-state index in [0.29, 0.717) is 44.8 Å².